The molecule has 122 valence electrons. The first-order chi connectivity index (χ1) is 11.0. The first kappa shape index (κ1) is 15.7. The van der Waals surface area contributed by atoms with Crippen LogP contribution in [0.4, 0.5) is 5.69 Å². The lowest BCUT2D eigenvalue weighted by molar-refractivity contribution is -0.116. The van der Waals surface area contributed by atoms with Crippen molar-refractivity contribution in [2.75, 3.05) is 18.5 Å². The molecule has 1 aromatic carbocycles. The molecule has 0 radical (unpaired) electrons. The SMILES string of the molecule is Cc1nn(CCC(=O)Nc2ccc3c(c2)OCCO3)c(C)c1Cl. The number of aryl methyl sites for hydroxylation is 2. The smallest absolute Gasteiger partial charge is 0.226 e. The lowest BCUT2D eigenvalue weighted by Crippen LogP contribution is -2.17. The number of aromatic nitrogens is 2. The fourth-order valence-corrected chi connectivity index (χ4v) is 2.58. The van der Waals surface area contributed by atoms with Crippen LogP contribution in [-0.4, -0.2) is 28.9 Å². The summed E-state index contributed by atoms with van der Waals surface area (Å²) in [7, 11) is 0. The van der Waals surface area contributed by atoms with Crippen LogP contribution in [0.3, 0.4) is 0 Å². The van der Waals surface area contributed by atoms with Crippen LogP contribution in [0.5, 0.6) is 11.5 Å². The number of ether oxygens (including phenoxy) is 2. The van der Waals surface area contributed by atoms with Gasteiger partial charge in [-0.3, -0.25) is 9.48 Å². The van der Waals surface area contributed by atoms with E-state index in [2.05, 4.69) is 10.4 Å². The molecule has 0 fully saturated rings. The second-order valence-corrected chi connectivity index (χ2v) is 5.74. The Morgan fingerprint density at radius 2 is 2.04 bits per heavy atom. The molecule has 0 aliphatic carbocycles. The molecular formula is C16H18ClN3O3. The topological polar surface area (TPSA) is 65.4 Å². The van der Waals surface area contributed by atoms with E-state index in [4.69, 9.17) is 21.1 Å². The molecule has 23 heavy (non-hydrogen) atoms. The number of nitrogens with zero attached hydrogens (tertiary/aromatic N) is 2. The molecule has 1 aliphatic heterocycles. The first-order valence-corrected chi connectivity index (χ1v) is 7.81. The van der Waals surface area contributed by atoms with Crippen molar-refractivity contribution >= 4 is 23.2 Å². The minimum atomic E-state index is -0.0923. The van der Waals surface area contributed by atoms with Crippen molar-refractivity contribution in [3.05, 3.63) is 34.6 Å². The summed E-state index contributed by atoms with van der Waals surface area (Å²) in [6, 6.07) is 5.36. The molecule has 1 aromatic heterocycles. The van der Waals surface area contributed by atoms with Crippen molar-refractivity contribution < 1.29 is 14.3 Å². The fourth-order valence-electron chi connectivity index (χ4n) is 2.44. The van der Waals surface area contributed by atoms with E-state index >= 15 is 0 Å². The van der Waals surface area contributed by atoms with Gasteiger partial charge in [0.25, 0.3) is 0 Å². The van der Waals surface area contributed by atoms with E-state index in [1.807, 2.05) is 13.8 Å². The number of fused-ring (bicyclic) bond motifs is 1. The summed E-state index contributed by atoms with van der Waals surface area (Å²) in [4.78, 5) is 12.1. The van der Waals surface area contributed by atoms with Crippen LogP contribution in [-0.2, 0) is 11.3 Å². The molecule has 0 spiro atoms. The molecule has 7 heteroatoms. The third kappa shape index (κ3) is 3.42. The van der Waals surface area contributed by atoms with Crippen LogP contribution in [0.2, 0.25) is 5.02 Å². The van der Waals surface area contributed by atoms with Gasteiger partial charge in [-0.1, -0.05) is 11.6 Å². The van der Waals surface area contributed by atoms with E-state index in [0.29, 0.717) is 48.4 Å². The van der Waals surface area contributed by atoms with Crippen LogP contribution >= 0.6 is 11.6 Å². The Morgan fingerprint density at radius 3 is 2.74 bits per heavy atom. The van der Waals surface area contributed by atoms with Gasteiger partial charge in [0.15, 0.2) is 11.5 Å². The number of hydrogen-bond donors (Lipinski definition) is 1. The molecule has 3 rings (SSSR count). The zero-order valence-corrected chi connectivity index (χ0v) is 13.8. The van der Waals surface area contributed by atoms with Crippen molar-refractivity contribution in [1.29, 1.82) is 0 Å². The maximum atomic E-state index is 12.1. The van der Waals surface area contributed by atoms with Gasteiger partial charge in [-0.2, -0.15) is 5.10 Å². The lowest BCUT2D eigenvalue weighted by Gasteiger charge is -2.19. The fraction of sp³-hybridized carbons (Fsp3) is 0.375. The number of hydrogen-bond acceptors (Lipinski definition) is 4. The lowest BCUT2D eigenvalue weighted by atomic mass is 10.2. The predicted molar refractivity (Wildman–Crippen MR) is 87.4 cm³/mol. The van der Waals surface area contributed by atoms with Gasteiger partial charge in [-0.05, 0) is 26.0 Å². The summed E-state index contributed by atoms with van der Waals surface area (Å²) in [5, 5.41) is 7.82. The van der Waals surface area contributed by atoms with Crippen molar-refractivity contribution in [1.82, 2.24) is 9.78 Å². The molecule has 1 aliphatic rings. The van der Waals surface area contributed by atoms with Gasteiger partial charge < -0.3 is 14.8 Å². The molecule has 0 unspecified atom stereocenters. The molecule has 0 bridgehead atoms. The van der Waals surface area contributed by atoms with Gasteiger partial charge in [-0.25, -0.2) is 0 Å². The summed E-state index contributed by atoms with van der Waals surface area (Å²) in [6.45, 7) is 5.28. The zero-order valence-electron chi connectivity index (χ0n) is 13.1. The molecule has 2 heterocycles. The Kier molecular flexibility index (Phi) is 4.43. The molecule has 1 N–H and O–H groups in total. The average molecular weight is 336 g/mol. The normalized spacial score (nSPS) is 13.0. The Bertz CT molecular complexity index is 742. The standard InChI is InChI=1S/C16H18ClN3O3/c1-10-16(17)11(2)20(19-10)6-5-15(21)18-12-3-4-13-14(9-12)23-8-7-22-13/h3-4,9H,5-8H2,1-2H3,(H,18,21). The molecular weight excluding hydrogens is 318 g/mol. The van der Waals surface area contributed by atoms with Gasteiger partial charge in [0, 0.05) is 18.2 Å². The molecule has 0 atom stereocenters. The zero-order chi connectivity index (χ0) is 16.4. The maximum absolute atomic E-state index is 12.1. The second-order valence-electron chi connectivity index (χ2n) is 5.36. The molecule has 0 saturated carbocycles. The van der Waals surface area contributed by atoms with Gasteiger partial charge in [0.1, 0.15) is 13.2 Å². The van der Waals surface area contributed by atoms with Gasteiger partial charge >= 0.3 is 0 Å². The first-order valence-electron chi connectivity index (χ1n) is 7.43. The van der Waals surface area contributed by atoms with E-state index < -0.39 is 0 Å². The number of carbonyl (C=O) groups excluding carboxylic acids is 1. The largest absolute Gasteiger partial charge is 0.486 e. The summed E-state index contributed by atoms with van der Waals surface area (Å²) in [6.07, 6.45) is 0.312. The van der Waals surface area contributed by atoms with Crippen molar-refractivity contribution in [2.24, 2.45) is 0 Å². The van der Waals surface area contributed by atoms with E-state index in [1.54, 1.807) is 22.9 Å². The quantitative estimate of drug-likeness (QED) is 0.933. The van der Waals surface area contributed by atoms with Crippen molar-refractivity contribution in [3.8, 4) is 11.5 Å². The number of amides is 1. The summed E-state index contributed by atoms with van der Waals surface area (Å²) in [5.41, 5.74) is 2.33. The van der Waals surface area contributed by atoms with E-state index in [0.717, 1.165) is 11.4 Å². The summed E-state index contributed by atoms with van der Waals surface area (Å²) >= 11 is 6.10. The minimum absolute atomic E-state index is 0.0923. The number of benzene rings is 1. The highest BCUT2D eigenvalue weighted by molar-refractivity contribution is 6.31. The molecule has 2 aromatic rings. The Labute approximate surface area is 139 Å². The Balaban J connectivity index is 1.60. The van der Waals surface area contributed by atoms with Crippen LogP contribution in [0.25, 0.3) is 0 Å². The highest BCUT2D eigenvalue weighted by Crippen LogP contribution is 2.32. The molecule has 6 nitrogen and oxygen atoms in total. The van der Waals surface area contributed by atoms with Crippen LogP contribution in [0.1, 0.15) is 17.8 Å². The Morgan fingerprint density at radius 1 is 1.30 bits per heavy atom. The third-order valence-corrected chi connectivity index (χ3v) is 4.22. The highest BCUT2D eigenvalue weighted by Gasteiger charge is 2.14. The van der Waals surface area contributed by atoms with E-state index in [1.165, 1.54) is 0 Å². The summed E-state index contributed by atoms with van der Waals surface area (Å²) < 4.78 is 12.7. The monoisotopic (exact) mass is 335 g/mol. The van der Waals surface area contributed by atoms with Crippen molar-refractivity contribution in [2.45, 2.75) is 26.8 Å². The number of nitrogens with one attached hydrogen (secondary N) is 1. The van der Waals surface area contributed by atoms with Gasteiger partial charge in [0.2, 0.25) is 5.91 Å². The maximum Gasteiger partial charge on any atom is 0.226 e. The summed E-state index contributed by atoms with van der Waals surface area (Å²) in [5.74, 6) is 1.26. The number of halogens is 1. The van der Waals surface area contributed by atoms with Crippen LogP contribution < -0.4 is 14.8 Å². The third-order valence-electron chi connectivity index (χ3n) is 3.67. The van der Waals surface area contributed by atoms with E-state index in [-0.39, 0.29) is 5.91 Å². The number of carbonyl (C=O) groups is 1. The molecule has 0 saturated heterocycles. The molecule has 1 amide bonds. The number of rotatable bonds is 4. The van der Waals surface area contributed by atoms with Gasteiger partial charge in [0.05, 0.1) is 23.0 Å². The van der Waals surface area contributed by atoms with Crippen molar-refractivity contribution in [3.63, 3.8) is 0 Å². The van der Waals surface area contributed by atoms with E-state index in [9.17, 15) is 4.79 Å². The number of anilines is 1. The minimum Gasteiger partial charge on any atom is -0.486 e. The average Bonchev–Trinajstić information content (AvgIpc) is 2.80. The Hall–Kier alpha value is -2.21. The highest BCUT2D eigenvalue weighted by atomic mass is 35.5. The predicted octanol–water partition coefficient (Wildman–Crippen LogP) is 2.95. The van der Waals surface area contributed by atoms with Crippen LogP contribution in [0, 0.1) is 13.8 Å². The van der Waals surface area contributed by atoms with Gasteiger partial charge in [-0.15, -0.1) is 0 Å². The second kappa shape index (κ2) is 6.50. The van der Waals surface area contributed by atoms with Crippen LogP contribution in [0.15, 0.2) is 18.2 Å².